The molecule has 0 aliphatic rings. The predicted molar refractivity (Wildman–Crippen MR) is 104 cm³/mol. The zero-order valence-corrected chi connectivity index (χ0v) is 16.1. The number of thioether (sulfide) groups is 1. The van der Waals surface area contributed by atoms with E-state index < -0.39 is 0 Å². The second-order valence-electron chi connectivity index (χ2n) is 6.32. The monoisotopic (exact) mass is 355 g/mol. The molecule has 1 N–H and O–H groups in total. The summed E-state index contributed by atoms with van der Waals surface area (Å²) in [6.07, 6.45) is 0.765. The predicted octanol–water partition coefficient (Wildman–Crippen LogP) is 4.35. The second kappa shape index (κ2) is 8.86. The summed E-state index contributed by atoms with van der Waals surface area (Å²) in [4.78, 5) is 24.7. The summed E-state index contributed by atoms with van der Waals surface area (Å²) >= 11 is 1.61. The Balaban J connectivity index is 1.98. The van der Waals surface area contributed by atoms with Crippen molar-refractivity contribution in [3.05, 3.63) is 64.7 Å². The van der Waals surface area contributed by atoms with E-state index in [9.17, 15) is 9.59 Å². The quantitative estimate of drug-likeness (QED) is 0.593. The second-order valence-corrected chi connectivity index (χ2v) is 7.71. The Morgan fingerprint density at radius 3 is 2.36 bits per heavy atom. The highest BCUT2D eigenvalue weighted by atomic mass is 32.2. The number of benzene rings is 2. The fourth-order valence-corrected chi connectivity index (χ4v) is 3.64. The van der Waals surface area contributed by atoms with Crippen molar-refractivity contribution < 1.29 is 9.59 Å². The van der Waals surface area contributed by atoms with Gasteiger partial charge in [0.1, 0.15) is 0 Å². The molecule has 25 heavy (non-hydrogen) atoms. The van der Waals surface area contributed by atoms with Crippen molar-refractivity contribution >= 4 is 23.5 Å². The highest BCUT2D eigenvalue weighted by Gasteiger charge is 2.17. The van der Waals surface area contributed by atoms with E-state index in [-0.39, 0.29) is 16.9 Å². The van der Waals surface area contributed by atoms with Gasteiger partial charge in [0.15, 0.2) is 5.78 Å². The molecule has 0 aliphatic heterocycles. The molecule has 4 heteroatoms. The molecule has 1 atom stereocenters. The van der Waals surface area contributed by atoms with Crippen LogP contribution in [0, 0.1) is 13.8 Å². The van der Waals surface area contributed by atoms with Crippen molar-refractivity contribution in [2.24, 2.45) is 0 Å². The van der Waals surface area contributed by atoms with Crippen molar-refractivity contribution in [3.63, 3.8) is 0 Å². The van der Waals surface area contributed by atoms with E-state index in [1.54, 1.807) is 11.8 Å². The first-order valence-electron chi connectivity index (χ1n) is 8.48. The van der Waals surface area contributed by atoms with Crippen molar-refractivity contribution in [2.75, 3.05) is 6.54 Å². The third-order valence-corrected chi connectivity index (χ3v) is 5.31. The van der Waals surface area contributed by atoms with Crippen molar-refractivity contribution in [3.8, 4) is 0 Å². The third kappa shape index (κ3) is 5.75. The number of amides is 1. The Bertz CT molecular complexity index is 753. The van der Waals surface area contributed by atoms with Crippen LogP contribution >= 0.6 is 11.8 Å². The molecule has 0 saturated carbocycles. The Hall–Kier alpha value is -2.07. The molecule has 2 aromatic carbocycles. The van der Waals surface area contributed by atoms with E-state index in [1.807, 2.05) is 31.2 Å². The SMILES string of the molecule is CC(=O)NCCc1ccc(C(=O)C(C)Sc2ccc(C)cc2C)cc1. The average molecular weight is 356 g/mol. The standard InChI is InChI=1S/C21H25NO2S/c1-14-5-10-20(15(2)13-14)25-16(3)21(24)19-8-6-18(7-9-19)11-12-22-17(4)23/h5-10,13,16H,11-12H2,1-4H3,(H,22,23). The van der Waals surface area contributed by atoms with Crippen LogP contribution < -0.4 is 5.32 Å². The van der Waals surface area contributed by atoms with Gasteiger partial charge < -0.3 is 5.32 Å². The molecule has 0 aliphatic carbocycles. The molecule has 2 rings (SSSR count). The Morgan fingerprint density at radius 2 is 1.76 bits per heavy atom. The van der Waals surface area contributed by atoms with Crippen LogP contribution in [0.4, 0.5) is 0 Å². The summed E-state index contributed by atoms with van der Waals surface area (Å²) in [6.45, 7) is 8.23. The Kier molecular flexibility index (Phi) is 6.82. The largest absolute Gasteiger partial charge is 0.356 e. The van der Waals surface area contributed by atoms with Crippen molar-refractivity contribution in [1.82, 2.24) is 5.32 Å². The number of carbonyl (C=O) groups excluding carboxylic acids is 2. The molecule has 2 aromatic rings. The number of hydrogen-bond acceptors (Lipinski definition) is 3. The van der Waals surface area contributed by atoms with Gasteiger partial charge in [-0.1, -0.05) is 42.0 Å². The van der Waals surface area contributed by atoms with E-state index >= 15 is 0 Å². The van der Waals surface area contributed by atoms with Crippen LogP contribution in [0.25, 0.3) is 0 Å². The van der Waals surface area contributed by atoms with E-state index in [4.69, 9.17) is 0 Å². The maximum absolute atomic E-state index is 12.7. The highest BCUT2D eigenvalue weighted by Crippen LogP contribution is 2.29. The smallest absolute Gasteiger partial charge is 0.216 e. The minimum atomic E-state index is -0.133. The van der Waals surface area contributed by atoms with Gasteiger partial charge in [-0.3, -0.25) is 9.59 Å². The first-order valence-corrected chi connectivity index (χ1v) is 9.36. The zero-order valence-electron chi connectivity index (χ0n) is 15.3. The lowest BCUT2D eigenvalue weighted by Crippen LogP contribution is -2.22. The van der Waals surface area contributed by atoms with Crippen LogP contribution in [0.1, 0.15) is 40.9 Å². The van der Waals surface area contributed by atoms with Crippen LogP contribution in [0.3, 0.4) is 0 Å². The Morgan fingerprint density at radius 1 is 1.08 bits per heavy atom. The lowest BCUT2D eigenvalue weighted by atomic mass is 10.0. The fraction of sp³-hybridized carbons (Fsp3) is 0.333. The summed E-state index contributed by atoms with van der Waals surface area (Å²) in [5.74, 6) is 0.113. The lowest BCUT2D eigenvalue weighted by Gasteiger charge is -2.13. The number of aryl methyl sites for hydroxylation is 2. The number of ketones is 1. The molecule has 3 nitrogen and oxygen atoms in total. The van der Waals surface area contributed by atoms with Gasteiger partial charge in [0.2, 0.25) is 5.91 Å². The molecule has 1 amide bonds. The molecule has 0 aromatic heterocycles. The van der Waals surface area contributed by atoms with E-state index in [0.29, 0.717) is 6.54 Å². The van der Waals surface area contributed by atoms with Crippen LogP contribution in [0.2, 0.25) is 0 Å². The van der Waals surface area contributed by atoms with Gasteiger partial charge in [-0.05, 0) is 44.4 Å². The molecule has 0 heterocycles. The maximum atomic E-state index is 12.7. The van der Waals surface area contributed by atoms with Gasteiger partial charge in [0.05, 0.1) is 5.25 Å². The van der Waals surface area contributed by atoms with Crippen LogP contribution in [0.5, 0.6) is 0 Å². The fourth-order valence-electron chi connectivity index (χ4n) is 2.63. The van der Waals surface area contributed by atoms with Crippen LogP contribution in [-0.2, 0) is 11.2 Å². The molecular weight excluding hydrogens is 330 g/mol. The van der Waals surface area contributed by atoms with Gasteiger partial charge in [-0.25, -0.2) is 0 Å². The third-order valence-electron chi connectivity index (χ3n) is 4.03. The summed E-state index contributed by atoms with van der Waals surface area (Å²) in [5, 5.41) is 2.64. The average Bonchev–Trinajstić information content (AvgIpc) is 2.57. The van der Waals surface area contributed by atoms with E-state index in [1.165, 1.54) is 18.1 Å². The summed E-state index contributed by atoms with van der Waals surface area (Å²) in [5.41, 5.74) is 4.28. The molecular formula is C21H25NO2S. The number of hydrogen-bond donors (Lipinski definition) is 1. The van der Waals surface area contributed by atoms with Crippen molar-refractivity contribution in [1.29, 1.82) is 0 Å². The number of Topliss-reactive ketones (excluding diaryl/α,β-unsaturated/α-hetero) is 1. The molecule has 132 valence electrons. The molecule has 0 bridgehead atoms. The van der Waals surface area contributed by atoms with E-state index in [2.05, 4.69) is 37.4 Å². The minimum Gasteiger partial charge on any atom is -0.356 e. The molecule has 0 saturated heterocycles. The number of carbonyl (C=O) groups is 2. The minimum absolute atomic E-state index is 0.0240. The summed E-state index contributed by atoms with van der Waals surface area (Å²) in [6, 6.07) is 14.0. The van der Waals surface area contributed by atoms with Gasteiger partial charge >= 0.3 is 0 Å². The lowest BCUT2D eigenvalue weighted by molar-refractivity contribution is -0.118. The normalized spacial score (nSPS) is 11.8. The Labute approximate surface area is 154 Å². The molecule has 0 spiro atoms. The zero-order chi connectivity index (χ0) is 18.4. The summed E-state index contributed by atoms with van der Waals surface area (Å²) in [7, 11) is 0. The summed E-state index contributed by atoms with van der Waals surface area (Å²) < 4.78 is 0. The molecule has 0 radical (unpaired) electrons. The van der Waals surface area contributed by atoms with Crippen molar-refractivity contribution in [2.45, 2.75) is 44.3 Å². The van der Waals surface area contributed by atoms with Gasteiger partial charge in [-0.2, -0.15) is 0 Å². The number of rotatable bonds is 7. The maximum Gasteiger partial charge on any atom is 0.216 e. The van der Waals surface area contributed by atoms with Gasteiger partial charge in [-0.15, -0.1) is 11.8 Å². The molecule has 1 unspecified atom stereocenters. The topological polar surface area (TPSA) is 46.2 Å². The van der Waals surface area contributed by atoms with Gasteiger partial charge in [0, 0.05) is 23.9 Å². The number of nitrogens with one attached hydrogen (secondary N) is 1. The van der Waals surface area contributed by atoms with E-state index in [0.717, 1.165) is 22.4 Å². The first kappa shape index (κ1) is 19.3. The van der Waals surface area contributed by atoms with Crippen LogP contribution in [-0.4, -0.2) is 23.5 Å². The van der Waals surface area contributed by atoms with Gasteiger partial charge in [0.25, 0.3) is 0 Å². The molecule has 0 fully saturated rings. The first-order chi connectivity index (χ1) is 11.9. The highest BCUT2D eigenvalue weighted by molar-refractivity contribution is 8.00. The van der Waals surface area contributed by atoms with Crippen LogP contribution in [0.15, 0.2) is 47.4 Å².